The molecule has 3 N–H and O–H groups in total. The van der Waals surface area contributed by atoms with Crippen LogP contribution in [-0.4, -0.2) is 81.1 Å². The SMILES string of the molecule is CCC[CH2][Sn](=[O])[CH2]CCC.Cc1ccc(S(=O)(=O)OCC(O)C2CCc3cc(F)ccc3O2)cc1.OCC(O)C1CCc2cc(F)ccc2O1. The minimum absolute atomic E-state index is 0.0377. The molecule has 0 spiro atoms. The van der Waals surface area contributed by atoms with Crippen LogP contribution in [0.25, 0.3) is 0 Å². The van der Waals surface area contributed by atoms with Crippen molar-refractivity contribution in [3.05, 3.63) is 89.0 Å². The van der Waals surface area contributed by atoms with Gasteiger partial charge >= 0.3 is 71.2 Å². The number of aliphatic hydroxyl groups is 3. The van der Waals surface area contributed by atoms with Gasteiger partial charge in [-0.05, 0) is 92.3 Å². The van der Waals surface area contributed by atoms with Gasteiger partial charge in [0.1, 0.15) is 47.5 Å². The molecule has 0 amide bonds. The molecule has 0 radical (unpaired) electrons. The molecule has 0 saturated heterocycles. The van der Waals surface area contributed by atoms with Crippen LogP contribution in [0.3, 0.4) is 0 Å². The molecule has 2 aliphatic rings. The van der Waals surface area contributed by atoms with Crippen LogP contribution in [-0.2, 0) is 30.2 Å². The molecule has 9 nitrogen and oxygen atoms in total. The predicted molar refractivity (Wildman–Crippen MR) is 188 cm³/mol. The van der Waals surface area contributed by atoms with E-state index in [0.29, 0.717) is 37.2 Å². The van der Waals surface area contributed by atoms with Gasteiger partial charge in [0, 0.05) is 0 Å². The van der Waals surface area contributed by atoms with Gasteiger partial charge in [-0.1, -0.05) is 17.7 Å². The number of unbranched alkanes of at least 4 members (excludes halogenated alkanes) is 2. The fourth-order valence-corrected chi connectivity index (χ4v) is 11.2. The average Bonchev–Trinajstić information content (AvgIpc) is 3.12. The fourth-order valence-electron chi connectivity index (χ4n) is 5.33. The van der Waals surface area contributed by atoms with Gasteiger partial charge in [-0.15, -0.1) is 0 Å². The molecule has 0 aromatic heterocycles. The summed E-state index contributed by atoms with van der Waals surface area (Å²) in [4.78, 5) is 0.0377. The number of fused-ring (bicyclic) bond motifs is 2. The van der Waals surface area contributed by atoms with E-state index in [9.17, 15) is 30.5 Å². The van der Waals surface area contributed by atoms with Gasteiger partial charge < -0.3 is 24.8 Å². The van der Waals surface area contributed by atoms with E-state index in [1.807, 2.05) is 6.92 Å². The topological polar surface area (TPSA) is 140 Å². The molecule has 0 bridgehead atoms. The molecule has 4 unspecified atom stereocenters. The standard InChI is InChI=1S/C18H19FO5S.C11H13FO3.2C4H9.O.Sn/c1-12-2-6-15(7-3-12)25(21,22)23-11-16(20)18-8-4-13-10-14(19)5-9-17(13)24-18;12-8-2-4-10-7(5-8)1-3-11(15-10)9(14)6-13;2*1-3-4-2;;/h2-3,5-7,9-10,16,18,20H,4,8,11H2,1H3;2,4-5,9,11,13-14H,1,3,6H2;2*1,3-4H2,2H3;;. The largest absolute Gasteiger partial charge is 0.487 e. The Balaban J connectivity index is 0.000000229. The molecule has 50 heavy (non-hydrogen) atoms. The third-order valence-electron chi connectivity index (χ3n) is 8.37. The van der Waals surface area contributed by atoms with Crippen LogP contribution in [0.4, 0.5) is 8.78 Å². The van der Waals surface area contributed by atoms with Crippen molar-refractivity contribution in [3.8, 4) is 11.5 Å². The summed E-state index contributed by atoms with van der Waals surface area (Å²) in [6, 6.07) is 14.8. The minimum Gasteiger partial charge on any atom is -0.487 e. The summed E-state index contributed by atoms with van der Waals surface area (Å²) < 4.78 is 79.8. The van der Waals surface area contributed by atoms with Crippen molar-refractivity contribution in [1.82, 2.24) is 0 Å². The number of aryl methyl sites for hydroxylation is 3. The molecule has 0 aliphatic carbocycles. The third-order valence-corrected chi connectivity index (χ3v) is 14.9. The Morgan fingerprint density at radius 2 is 1.30 bits per heavy atom. The van der Waals surface area contributed by atoms with E-state index >= 15 is 0 Å². The number of aliphatic hydroxyl groups excluding tert-OH is 3. The summed E-state index contributed by atoms with van der Waals surface area (Å²) in [6.07, 6.45) is 4.07. The molecule has 2 heterocycles. The first-order chi connectivity index (χ1) is 23.9. The Labute approximate surface area is 301 Å². The van der Waals surface area contributed by atoms with Gasteiger partial charge in [0.05, 0.1) is 18.1 Å². The van der Waals surface area contributed by atoms with E-state index < -0.39 is 60.9 Å². The van der Waals surface area contributed by atoms with E-state index in [1.54, 1.807) is 18.2 Å². The van der Waals surface area contributed by atoms with Crippen molar-refractivity contribution in [1.29, 1.82) is 0 Å². The average molecular weight is 828 g/mol. The predicted octanol–water partition coefficient (Wildman–Crippen LogP) is 6.48. The second-order valence-electron chi connectivity index (χ2n) is 12.5. The van der Waals surface area contributed by atoms with Crippen molar-refractivity contribution < 1.29 is 49.3 Å². The number of rotatable bonds is 13. The molecule has 13 heteroatoms. The van der Waals surface area contributed by atoms with Gasteiger partial charge in [0.2, 0.25) is 0 Å². The van der Waals surface area contributed by atoms with Crippen LogP contribution in [0.2, 0.25) is 8.87 Å². The van der Waals surface area contributed by atoms with E-state index in [1.165, 1.54) is 68.1 Å². The Hall–Kier alpha value is -2.49. The number of hydrogen-bond acceptors (Lipinski definition) is 9. The van der Waals surface area contributed by atoms with Gasteiger partial charge in [-0.2, -0.15) is 8.42 Å². The Morgan fingerprint density at radius 3 is 1.76 bits per heavy atom. The van der Waals surface area contributed by atoms with Gasteiger partial charge in [0.15, 0.2) is 0 Å². The first kappa shape index (κ1) is 41.9. The molecule has 276 valence electrons. The number of halogens is 2. The zero-order chi connectivity index (χ0) is 36.7. The molecule has 3 aromatic rings. The maximum absolute atomic E-state index is 13.2. The maximum Gasteiger partial charge on any atom is 0.297 e. The second kappa shape index (κ2) is 21.1. The van der Waals surface area contributed by atoms with E-state index in [2.05, 4.69) is 13.8 Å². The Kier molecular flexibility index (Phi) is 17.7. The minimum atomic E-state index is -3.94. The summed E-state index contributed by atoms with van der Waals surface area (Å²) in [6.45, 7) is 5.45. The van der Waals surface area contributed by atoms with Crippen molar-refractivity contribution in [3.63, 3.8) is 0 Å². The quantitative estimate of drug-likeness (QED) is 0.131. The Morgan fingerprint density at radius 1 is 0.820 bits per heavy atom. The van der Waals surface area contributed by atoms with E-state index in [-0.39, 0.29) is 23.1 Å². The van der Waals surface area contributed by atoms with Crippen LogP contribution < -0.4 is 9.47 Å². The summed E-state index contributed by atoms with van der Waals surface area (Å²) in [5, 5.41) is 28.4. The molecule has 0 fully saturated rings. The fraction of sp³-hybridized carbons (Fsp3) is 0.514. The first-order valence-corrected chi connectivity index (χ1v) is 23.8. The third kappa shape index (κ3) is 13.6. The molecule has 2 aliphatic heterocycles. The van der Waals surface area contributed by atoms with Crippen LogP contribution in [0.15, 0.2) is 65.6 Å². The number of ether oxygens (including phenoxy) is 2. The van der Waals surface area contributed by atoms with Gasteiger partial charge in [-0.3, -0.25) is 4.18 Å². The zero-order valence-electron chi connectivity index (χ0n) is 29.0. The molecule has 3 aromatic carbocycles. The van der Waals surface area contributed by atoms with Crippen molar-refractivity contribution in [2.45, 2.75) is 110 Å². The van der Waals surface area contributed by atoms with Crippen LogP contribution in [0.1, 0.15) is 69.1 Å². The smallest absolute Gasteiger partial charge is 0.297 e. The Bertz CT molecular complexity index is 1590. The summed E-state index contributed by atoms with van der Waals surface area (Å²) >= 11 is -1.99. The van der Waals surface area contributed by atoms with Crippen molar-refractivity contribution >= 4 is 29.9 Å². The molecule has 5 rings (SSSR count). The van der Waals surface area contributed by atoms with E-state index in [0.717, 1.165) is 25.6 Å². The second-order valence-corrected chi connectivity index (χ2v) is 20.1. The van der Waals surface area contributed by atoms with Crippen LogP contribution in [0, 0.1) is 18.6 Å². The maximum atomic E-state index is 13.2. The van der Waals surface area contributed by atoms with Crippen molar-refractivity contribution in [2.24, 2.45) is 0 Å². The van der Waals surface area contributed by atoms with Crippen molar-refractivity contribution in [2.75, 3.05) is 13.2 Å². The van der Waals surface area contributed by atoms with Gasteiger partial charge in [0.25, 0.3) is 10.1 Å². The van der Waals surface area contributed by atoms with Crippen LogP contribution >= 0.6 is 0 Å². The monoisotopic (exact) mass is 828 g/mol. The summed E-state index contributed by atoms with van der Waals surface area (Å²) in [5.41, 5.74) is 2.48. The first-order valence-electron chi connectivity index (χ1n) is 17.2. The van der Waals surface area contributed by atoms with Gasteiger partial charge in [-0.25, -0.2) is 8.78 Å². The normalized spacial score (nSPS) is 17.6. The zero-order valence-corrected chi connectivity index (χ0v) is 32.7. The molecule has 0 saturated carbocycles. The molecular formula is C37H50F2O9SSn. The number of hydrogen-bond donors (Lipinski definition) is 3. The van der Waals surface area contributed by atoms with E-state index in [4.69, 9.17) is 18.8 Å². The molecular weight excluding hydrogens is 777 g/mol. The summed E-state index contributed by atoms with van der Waals surface area (Å²) in [5.74, 6) is 0.477. The molecule has 4 atom stereocenters. The van der Waals surface area contributed by atoms with Crippen LogP contribution in [0.5, 0.6) is 11.5 Å². The number of benzene rings is 3. The summed E-state index contributed by atoms with van der Waals surface area (Å²) in [7, 11) is -3.94.